The molecule has 0 aromatic carbocycles. The van der Waals surface area contributed by atoms with Gasteiger partial charge in [0.05, 0.1) is 0 Å². The summed E-state index contributed by atoms with van der Waals surface area (Å²) in [5.41, 5.74) is 3.92. The van der Waals surface area contributed by atoms with Crippen molar-refractivity contribution in [1.29, 1.82) is 0 Å². The van der Waals surface area contributed by atoms with Crippen LogP contribution in [0.2, 0.25) is 0 Å². The molecule has 1 aliphatic rings. The molecule has 0 saturated carbocycles. The summed E-state index contributed by atoms with van der Waals surface area (Å²) in [5.74, 6) is 0.113. The van der Waals surface area contributed by atoms with Crippen LogP contribution in [0.4, 0.5) is 0 Å². The summed E-state index contributed by atoms with van der Waals surface area (Å²) < 4.78 is 0. The Balaban J connectivity index is 2.20. The number of aromatic nitrogens is 1. The summed E-state index contributed by atoms with van der Waals surface area (Å²) in [6, 6.07) is 3.72. The number of carbonyl (C=O) groups is 1. The summed E-state index contributed by atoms with van der Waals surface area (Å²) in [7, 11) is 0. The molecule has 0 atom stereocenters. The lowest BCUT2D eigenvalue weighted by Crippen LogP contribution is -2.34. The number of hydrogen-bond acceptors (Lipinski definition) is 2. The van der Waals surface area contributed by atoms with Gasteiger partial charge in [-0.1, -0.05) is 11.6 Å². The number of pyridine rings is 1. The molecular weight excluding hydrogens is 212 g/mol. The number of rotatable bonds is 1. The summed E-state index contributed by atoms with van der Waals surface area (Å²) in [5, 5.41) is 0. The van der Waals surface area contributed by atoms with Gasteiger partial charge in [-0.3, -0.25) is 9.78 Å². The Kier molecular flexibility index (Phi) is 3.27. The smallest absolute Gasteiger partial charge is 0.254 e. The maximum absolute atomic E-state index is 12.3. The van der Waals surface area contributed by atoms with Crippen molar-refractivity contribution >= 4 is 5.91 Å². The Labute approximate surface area is 102 Å². The SMILES string of the molecule is CC1=CCN(C(=O)c2cc(C)nc(C)c2)CC1. The molecule has 3 nitrogen and oxygen atoms in total. The first-order chi connectivity index (χ1) is 8.06. The second-order valence-corrected chi connectivity index (χ2v) is 4.69. The normalized spacial score (nSPS) is 15.7. The number of hydrogen-bond donors (Lipinski definition) is 0. The molecule has 0 aliphatic carbocycles. The Morgan fingerprint density at radius 2 is 1.88 bits per heavy atom. The first kappa shape index (κ1) is 11.8. The molecule has 0 bridgehead atoms. The lowest BCUT2D eigenvalue weighted by molar-refractivity contribution is 0.0768. The molecule has 1 amide bonds. The van der Waals surface area contributed by atoms with Crippen LogP contribution in [0.5, 0.6) is 0 Å². The highest BCUT2D eigenvalue weighted by atomic mass is 16.2. The minimum atomic E-state index is 0.113. The third kappa shape index (κ3) is 2.73. The van der Waals surface area contributed by atoms with Crippen LogP contribution in [0.15, 0.2) is 23.8 Å². The van der Waals surface area contributed by atoms with Crippen molar-refractivity contribution in [2.45, 2.75) is 27.2 Å². The number of nitrogens with zero attached hydrogens (tertiary/aromatic N) is 2. The molecular formula is C14H18N2O. The molecule has 0 saturated heterocycles. The van der Waals surface area contributed by atoms with Crippen LogP contribution in [0, 0.1) is 13.8 Å². The van der Waals surface area contributed by atoms with Gasteiger partial charge in [0.25, 0.3) is 5.91 Å². The van der Waals surface area contributed by atoms with Gasteiger partial charge in [0, 0.05) is 30.0 Å². The van der Waals surface area contributed by atoms with E-state index in [0.29, 0.717) is 0 Å². The van der Waals surface area contributed by atoms with E-state index in [1.807, 2.05) is 30.9 Å². The number of aryl methyl sites for hydroxylation is 2. The van der Waals surface area contributed by atoms with Gasteiger partial charge in [-0.15, -0.1) is 0 Å². The lowest BCUT2D eigenvalue weighted by Gasteiger charge is -2.25. The van der Waals surface area contributed by atoms with Gasteiger partial charge >= 0.3 is 0 Å². The molecule has 1 aromatic heterocycles. The number of carbonyl (C=O) groups excluding carboxylic acids is 1. The molecule has 0 spiro atoms. The number of amides is 1. The van der Waals surface area contributed by atoms with Gasteiger partial charge in [-0.05, 0) is 39.3 Å². The first-order valence-corrected chi connectivity index (χ1v) is 5.96. The molecule has 2 rings (SSSR count). The minimum absolute atomic E-state index is 0.113. The summed E-state index contributed by atoms with van der Waals surface area (Å²) >= 11 is 0. The maximum atomic E-state index is 12.3. The molecule has 0 fully saturated rings. The maximum Gasteiger partial charge on any atom is 0.254 e. The topological polar surface area (TPSA) is 33.2 Å². The van der Waals surface area contributed by atoms with Crippen LogP contribution in [0.3, 0.4) is 0 Å². The van der Waals surface area contributed by atoms with E-state index in [1.54, 1.807) is 0 Å². The molecule has 1 aromatic rings. The van der Waals surface area contributed by atoms with Crippen molar-refractivity contribution in [3.8, 4) is 0 Å². The van der Waals surface area contributed by atoms with E-state index in [-0.39, 0.29) is 5.91 Å². The van der Waals surface area contributed by atoms with Crippen molar-refractivity contribution in [2.24, 2.45) is 0 Å². The Bertz CT molecular complexity index is 457. The molecule has 2 heterocycles. The predicted octanol–water partition coefficient (Wildman–Crippen LogP) is 2.49. The van der Waals surface area contributed by atoms with Crippen LogP contribution in [0.25, 0.3) is 0 Å². The minimum Gasteiger partial charge on any atom is -0.335 e. The van der Waals surface area contributed by atoms with E-state index in [0.717, 1.165) is 36.5 Å². The van der Waals surface area contributed by atoms with Gasteiger partial charge in [-0.25, -0.2) is 0 Å². The van der Waals surface area contributed by atoms with E-state index in [1.165, 1.54) is 5.57 Å². The quantitative estimate of drug-likeness (QED) is 0.694. The Morgan fingerprint density at radius 1 is 1.24 bits per heavy atom. The van der Waals surface area contributed by atoms with E-state index < -0.39 is 0 Å². The fourth-order valence-electron chi connectivity index (χ4n) is 2.10. The third-order valence-electron chi connectivity index (χ3n) is 3.05. The highest BCUT2D eigenvalue weighted by molar-refractivity contribution is 5.94. The van der Waals surface area contributed by atoms with Crippen LogP contribution >= 0.6 is 0 Å². The van der Waals surface area contributed by atoms with Gasteiger partial charge in [0.15, 0.2) is 0 Å². The van der Waals surface area contributed by atoms with Crippen molar-refractivity contribution in [2.75, 3.05) is 13.1 Å². The van der Waals surface area contributed by atoms with E-state index >= 15 is 0 Å². The second kappa shape index (κ2) is 4.70. The molecule has 0 radical (unpaired) electrons. The molecule has 0 N–H and O–H groups in total. The molecule has 3 heteroatoms. The highest BCUT2D eigenvalue weighted by Crippen LogP contribution is 2.14. The average molecular weight is 230 g/mol. The monoisotopic (exact) mass is 230 g/mol. The molecule has 17 heavy (non-hydrogen) atoms. The van der Waals surface area contributed by atoms with Gasteiger partial charge in [0.2, 0.25) is 0 Å². The third-order valence-corrected chi connectivity index (χ3v) is 3.05. The van der Waals surface area contributed by atoms with Crippen LogP contribution in [-0.2, 0) is 0 Å². The largest absolute Gasteiger partial charge is 0.335 e. The zero-order valence-electron chi connectivity index (χ0n) is 10.7. The Hall–Kier alpha value is -1.64. The van der Waals surface area contributed by atoms with Crippen LogP contribution < -0.4 is 0 Å². The van der Waals surface area contributed by atoms with Crippen LogP contribution in [0.1, 0.15) is 35.1 Å². The molecule has 0 unspecified atom stereocenters. The molecule has 1 aliphatic heterocycles. The zero-order valence-corrected chi connectivity index (χ0v) is 10.7. The fraction of sp³-hybridized carbons (Fsp3) is 0.429. The van der Waals surface area contributed by atoms with Crippen molar-refractivity contribution in [3.63, 3.8) is 0 Å². The average Bonchev–Trinajstić information content (AvgIpc) is 2.28. The van der Waals surface area contributed by atoms with Crippen LogP contribution in [-0.4, -0.2) is 28.9 Å². The van der Waals surface area contributed by atoms with Crippen molar-refractivity contribution < 1.29 is 4.79 Å². The summed E-state index contributed by atoms with van der Waals surface area (Å²) in [6.07, 6.45) is 3.11. The van der Waals surface area contributed by atoms with Gasteiger partial charge < -0.3 is 4.90 Å². The van der Waals surface area contributed by atoms with Gasteiger partial charge in [-0.2, -0.15) is 0 Å². The van der Waals surface area contributed by atoms with Gasteiger partial charge in [0.1, 0.15) is 0 Å². The van der Waals surface area contributed by atoms with Crippen molar-refractivity contribution in [3.05, 3.63) is 40.7 Å². The van der Waals surface area contributed by atoms with Crippen molar-refractivity contribution in [1.82, 2.24) is 9.88 Å². The standard InChI is InChI=1S/C14H18N2O/c1-10-4-6-16(7-5-10)14(17)13-8-11(2)15-12(3)9-13/h4,8-9H,5-7H2,1-3H3. The Morgan fingerprint density at radius 3 is 2.41 bits per heavy atom. The highest BCUT2D eigenvalue weighted by Gasteiger charge is 2.17. The molecule has 90 valence electrons. The van der Waals surface area contributed by atoms with E-state index in [9.17, 15) is 4.79 Å². The predicted molar refractivity (Wildman–Crippen MR) is 68.0 cm³/mol. The summed E-state index contributed by atoms with van der Waals surface area (Å²) in [6.45, 7) is 7.50. The fourth-order valence-corrected chi connectivity index (χ4v) is 2.10. The van der Waals surface area contributed by atoms with E-state index in [2.05, 4.69) is 18.0 Å². The van der Waals surface area contributed by atoms with E-state index in [4.69, 9.17) is 0 Å². The lowest BCUT2D eigenvalue weighted by atomic mass is 10.1. The summed E-state index contributed by atoms with van der Waals surface area (Å²) in [4.78, 5) is 18.5. The first-order valence-electron chi connectivity index (χ1n) is 5.96. The second-order valence-electron chi connectivity index (χ2n) is 4.69. The zero-order chi connectivity index (χ0) is 12.4.